The third-order valence-electron chi connectivity index (χ3n) is 4.63. The molecule has 29 heavy (non-hydrogen) atoms. The summed E-state index contributed by atoms with van der Waals surface area (Å²) in [6.07, 6.45) is 2.48. The maximum absolute atomic E-state index is 13.2. The predicted molar refractivity (Wildman–Crippen MR) is 119 cm³/mol. The molecule has 0 saturated carbocycles. The minimum atomic E-state index is -0.153. The van der Waals surface area contributed by atoms with Crippen LogP contribution in [0.3, 0.4) is 0 Å². The number of fused-ring (bicyclic) bond motifs is 1. The third-order valence-corrected chi connectivity index (χ3v) is 4.97. The summed E-state index contributed by atoms with van der Waals surface area (Å²) in [4.78, 5) is 17.9. The lowest BCUT2D eigenvalue weighted by molar-refractivity contribution is 0.951. The Morgan fingerprint density at radius 2 is 1.86 bits per heavy atom. The van der Waals surface area contributed by atoms with E-state index in [1.54, 1.807) is 22.9 Å². The van der Waals surface area contributed by atoms with Crippen molar-refractivity contribution in [2.75, 3.05) is 5.43 Å². The summed E-state index contributed by atoms with van der Waals surface area (Å²) in [5.74, 6) is 0.338. The van der Waals surface area contributed by atoms with Crippen molar-refractivity contribution in [3.8, 4) is 5.69 Å². The summed E-state index contributed by atoms with van der Waals surface area (Å²) in [5, 5.41) is 5.41. The summed E-state index contributed by atoms with van der Waals surface area (Å²) in [7, 11) is 0. The number of halogens is 1. The molecule has 0 unspecified atom stereocenters. The van der Waals surface area contributed by atoms with Crippen LogP contribution in [-0.4, -0.2) is 15.8 Å². The van der Waals surface area contributed by atoms with Crippen LogP contribution in [0.25, 0.3) is 16.6 Å². The minimum absolute atomic E-state index is 0.153. The van der Waals surface area contributed by atoms with E-state index in [4.69, 9.17) is 11.6 Å². The van der Waals surface area contributed by atoms with E-state index in [-0.39, 0.29) is 5.56 Å². The molecule has 0 bridgehead atoms. The fourth-order valence-corrected chi connectivity index (χ4v) is 3.29. The maximum atomic E-state index is 13.2. The fourth-order valence-electron chi connectivity index (χ4n) is 3.10. The number of nitrogens with one attached hydrogen (secondary N) is 1. The van der Waals surface area contributed by atoms with Crippen LogP contribution in [0, 0.1) is 0 Å². The second kappa shape index (κ2) is 8.29. The number of hydrogen-bond acceptors (Lipinski definition) is 4. The molecule has 1 heterocycles. The monoisotopic (exact) mass is 402 g/mol. The molecule has 0 aliphatic rings. The van der Waals surface area contributed by atoms with Crippen LogP contribution < -0.4 is 11.0 Å². The van der Waals surface area contributed by atoms with Crippen molar-refractivity contribution in [1.29, 1.82) is 0 Å². The summed E-state index contributed by atoms with van der Waals surface area (Å²) >= 11 is 6.18. The molecule has 1 aromatic heterocycles. The van der Waals surface area contributed by atoms with Crippen LogP contribution in [0.1, 0.15) is 18.1 Å². The van der Waals surface area contributed by atoms with E-state index in [0.29, 0.717) is 21.9 Å². The maximum Gasteiger partial charge on any atom is 0.267 e. The number of aryl methyl sites for hydroxylation is 1. The van der Waals surface area contributed by atoms with Crippen LogP contribution in [0.4, 0.5) is 5.95 Å². The second-order valence-corrected chi connectivity index (χ2v) is 6.92. The number of aromatic nitrogens is 2. The molecular weight excluding hydrogens is 384 g/mol. The highest BCUT2D eigenvalue weighted by molar-refractivity contribution is 6.33. The largest absolute Gasteiger partial charge is 0.268 e. The van der Waals surface area contributed by atoms with E-state index in [1.807, 2.05) is 60.7 Å². The Balaban J connectivity index is 1.83. The van der Waals surface area contributed by atoms with Crippen LogP contribution in [0.2, 0.25) is 5.02 Å². The molecule has 0 spiro atoms. The summed E-state index contributed by atoms with van der Waals surface area (Å²) in [6, 6.07) is 22.5. The Morgan fingerprint density at radius 3 is 2.69 bits per heavy atom. The topological polar surface area (TPSA) is 59.3 Å². The van der Waals surface area contributed by atoms with Gasteiger partial charge >= 0.3 is 0 Å². The smallest absolute Gasteiger partial charge is 0.267 e. The molecule has 4 aromatic rings. The van der Waals surface area contributed by atoms with Gasteiger partial charge in [0, 0.05) is 10.6 Å². The van der Waals surface area contributed by atoms with Gasteiger partial charge in [-0.15, -0.1) is 0 Å². The molecule has 0 fully saturated rings. The molecular formula is C23H19ClN4O. The van der Waals surface area contributed by atoms with Gasteiger partial charge in [0.05, 0.1) is 22.8 Å². The van der Waals surface area contributed by atoms with Crippen LogP contribution in [0.15, 0.2) is 82.7 Å². The molecule has 3 aromatic carbocycles. The Kier molecular flexibility index (Phi) is 5.40. The summed E-state index contributed by atoms with van der Waals surface area (Å²) < 4.78 is 1.55. The number of hydrazone groups is 1. The summed E-state index contributed by atoms with van der Waals surface area (Å²) in [6.45, 7) is 2.08. The normalized spacial score (nSPS) is 11.2. The molecule has 0 amide bonds. The van der Waals surface area contributed by atoms with Gasteiger partial charge in [-0.25, -0.2) is 15.0 Å². The number of anilines is 1. The zero-order valence-corrected chi connectivity index (χ0v) is 16.6. The van der Waals surface area contributed by atoms with Gasteiger partial charge in [-0.05, 0) is 42.3 Å². The Labute approximate surface area is 173 Å². The van der Waals surface area contributed by atoms with E-state index in [1.165, 1.54) is 0 Å². The first kappa shape index (κ1) is 18.9. The quantitative estimate of drug-likeness (QED) is 0.375. The van der Waals surface area contributed by atoms with Gasteiger partial charge in [0.1, 0.15) is 0 Å². The number of hydrogen-bond donors (Lipinski definition) is 1. The minimum Gasteiger partial charge on any atom is -0.268 e. The highest BCUT2D eigenvalue weighted by atomic mass is 35.5. The fraction of sp³-hybridized carbons (Fsp3) is 0.0870. The molecule has 144 valence electrons. The molecule has 5 nitrogen and oxygen atoms in total. The molecule has 4 rings (SSSR count). The molecule has 0 aliphatic heterocycles. The average Bonchev–Trinajstić information content (AvgIpc) is 2.75. The Bertz CT molecular complexity index is 1260. The zero-order chi connectivity index (χ0) is 20.2. The molecule has 0 radical (unpaired) electrons. The van der Waals surface area contributed by atoms with Gasteiger partial charge in [0.15, 0.2) is 0 Å². The second-order valence-electron chi connectivity index (χ2n) is 6.51. The lowest BCUT2D eigenvalue weighted by Crippen LogP contribution is -2.22. The van der Waals surface area contributed by atoms with Gasteiger partial charge in [0.25, 0.3) is 5.56 Å². The zero-order valence-electron chi connectivity index (χ0n) is 15.8. The van der Waals surface area contributed by atoms with Crippen molar-refractivity contribution in [3.63, 3.8) is 0 Å². The van der Waals surface area contributed by atoms with Crippen molar-refractivity contribution in [1.82, 2.24) is 9.55 Å². The van der Waals surface area contributed by atoms with Crippen molar-refractivity contribution < 1.29 is 0 Å². The molecule has 0 aliphatic carbocycles. The SMILES string of the molecule is CCc1cccc(-n2c(N/N=C/c3ccccc3Cl)nc3ccccc3c2=O)c1. The first-order valence-electron chi connectivity index (χ1n) is 9.32. The number of rotatable bonds is 5. The van der Waals surface area contributed by atoms with Crippen molar-refractivity contribution in [2.24, 2.45) is 5.10 Å². The predicted octanol–water partition coefficient (Wildman–Crippen LogP) is 5.05. The van der Waals surface area contributed by atoms with Gasteiger partial charge in [-0.2, -0.15) is 5.10 Å². The molecule has 6 heteroatoms. The van der Waals surface area contributed by atoms with Crippen molar-refractivity contribution in [2.45, 2.75) is 13.3 Å². The highest BCUT2D eigenvalue weighted by Crippen LogP contribution is 2.18. The van der Waals surface area contributed by atoms with E-state index >= 15 is 0 Å². The van der Waals surface area contributed by atoms with E-state index < -0.39 is 0 Å². The highest BCUT2D eigenvalue weighted by Gasteiger charge is 2.12. The Hall–Kier alpha value is -3.44. The van der Waals surface area contributed by atoms with Crippen molar-refractivity contribution >= 4 is 34.7 Å². The van der Waals surface area contributed by atoms with Crippen molar-refractivity contribution in [3.05, 3.63) is 99.3 Å². The third kappa shape index (κ3) is 3.91. The van der Waals surface area contributed by atoms with E-state index in [0.717, 1.165) is 23.2 Å². The molecule has 0 atom stereocenters. The van der Waals surface area contributed by atoms with Crippen LogP contribution >= 0.6 is 11.6 Å². The van der Waals surface area contributed by atoms with Crippen LogP contribution in [-0.2, 0) is 6.42 Å². The van der Waals surface area contributed by atoms with Crippen LogP contribution in [0.5, 0.6) is 0 Å². The molecule has 0 saturated heterocycles. The summed E-state index contributed by atoms with van der Waals surface area (Å²) in [5.41, 5.74) is 6.01. The Morgan fingerprint density at radius 1 is 1.07 bits per heavy atom. The standard InChI is InChI=1S/C23H19ClN4O/c1-2-16-8-7-10-18(14-16)28-22(29)19-11-4-6-13-21(19)26-23(28)27-25-15-17-9-3-5-12-20(17)24/h3-15H,2H2,1H3,(H,26,27)/b25-15+. The van der Waals surface area contributed by atoms with Gasteiger partial charge in [-0.1, -0.05) is 61.0 Å². The first-order valence-corrected chi connectivity index (χ1v) is 9.70. The van der Waals surface area contributed by atoms with Gasteiger partial charge in [-0.3, -0.25) is 4.79 Å². The average molecular weight is 403 g/mol. The lowest BCUT2D eigenvalue weighted by atomic mass is 10.1. The number of benzene rings is 3. The van der Waals surface area contributed by atoms with Gasteiger partial charge < -0.3 is 0 Å². The number of nitrogens with zero attached hydrogens (tertiary/aromatic N) is 3. The molecule has 1 N–H and O–H groups in total. The first-order chi connectivity index (χ1) is 14.2. The van der Waals surface area contributed by atoms with E-state index in [9.17, 15) is 4.79 Å². The van der Waals surface area contributed by atoms with Gasteiger partial charge in [0.2, 0.25) is 5.95 Å². The number of para-hydroxylation sites is 1. The van der Waals surface area contributed by atoms with E-state index in [2.05, 4.69) is 22.4 Å². The lowest BCUT2D eigenvalue weighted by Gasteiger charge is -2.13.